The van der Waals surface area contributed by atoms with Crippen molar-refractivity contribution in [3.05, 3.63) is 93.8 Å². The van der Waals surface area contributed by atoms with Gasteiger partial charge in [-0.25, -0.2) is 0 Å². The van der Waals surface area contributed by atoms with Gasteiger partial charge in [0.1, 0.15) is 5.69 Å². The van der Waals surface area contributed by atoms with E-state index in [1.807, 2.05) is 23.1 Å². The molecule has 1 aromatic heterocycles. The lowest BCUT2D eigenvalue weighted by atomic mass is 9.52. The minimum Gasteiger partial charge on any atom is -0.354 e. The van der Waals surface area contributed by atoms with Crippen LogP contribution in [0.5, 0.6) is 0 Å². The summed E-state index contributed by atoms with van der Waals surface area (Å²) in [4.78, 5) is 22.2. The molecule has 1 aliphatic heterocycles. The second-order valence-corrected chi connectivity index (χ2v) is 11.4. The SMILES string of the molecule is Cc1c(C(=O)N(Cc2ccccc2)C(C)C)[nH]c2c1C[C@H]1[C@@H]3Cc4ccccc4[C@@]1(CCN3C)C2. The fourth-order valence-electron chi connectivity index (χ4n) is 7.38. The quantitative estimate of drug-likeness (QED) is 0.567. The van der Waals surface area contributed by atoms with Gasteiger partial charge in [-0.3, -0.25) is 4.79 Å². The van der Waals surface area contributed by atoms with Crippen molar-refractivity contribution in [2.24, 2.45) is 5.92 Å². The summed E-state index contributed by atoms with van der Waals surface area (Å²) in [6, 6.07) is 20.2. The Hall–Kier alpha value is -2.85. The Kier molecular flexibility index (Phi) is 5.41. The van der Waals surface area contributed by atoms with Crippen LogP contribution < -0.4 is 0 Å². The van der Waals surface area contributed by atoms with Gasteiger partial charge in [-0.15, -0.1) is 0 Å². The molecular weight excluding hydrogens is 430 g/mol. The molecule has 1 amide bonds. The Morgan fingerprint density at radius 3 is 2.63 bits per heavy atom. The second-order valence-electron chi connectivity index (χ2n) is 11.4. The van der Waals surface area contributed by atoms with Gasteiger partial charge in [0.2, 0.25) is 0 Å². The van der Waals surface area contributed by atoms with E-state index in [1.54, 1.807) is 5.56 Å². The van der Waals surface area contributed by atoms with Crippen LogP contribution >= 0.6 is 0 Å². The number of hydrogen-bond donors (Lipinski definition) is 1. The van der Waals surface area contributed by atoms with E-state index >= 15 is 0 Å². The lowest BCUT2D eigenvalue weighted by molar-refractivity contribution is 0.0238. The molecule has 0 radical (unpaired) electrons. The number of benzene rings is 2. The van der Waals surface area contributed by atoms with Crippen molar-refractivity contribution in [1.82, 2.24) is 14.8 Å². The monoisotopic (exact) mass is 467 g/mol. The number of rotatable bonds is 4. The van der Waals surface area contributed by atoms with E-state index in [0.717, 1.165) is 37.1 Å². The van der Waals surface area contributed by atoms with Crippen molar-refractivity contribution in [2.75, 3.05) is 13.6 Å². The standard InChI is InChI=1S/C31H37N3O/c1-20(2)34(19-22-10-6-5-7-11-22)30(35)29-21(3)24-17-26-28-16-23-12-8-9-13-25(23)31(26,14-15-33(28)4)18-27(24)32-29/h5-13,20,26,28,32H,14-19H2,1-4H3/t26-,28-,31+/m0/s1. The highest BCUT2D eigenvalue weighted by atomic mass is 16.2. The van der Waals surface area contributed by atoms with Gasteiger partial charge in [0.05, 0.1) is 0 Å². The maximum atomic E-state index is 13.9. The predicted octanol–water partition coefficient (Wildman–Crippen LogP) is 5.29. The highest BCUT2D eigenvalue weighted by Crippen LogP contribution is 2.54. The summed E-state index contributed by atoms with van der Waals surface area (Å²) < 4.78 is 0. The number of likely N-dealkylation sites (tertiary alicyclic amines) is 1. The van der Waals surface area contributed by atoms with Gasteiger partial charge in [0.25, 0.3) is 5.91 Å². The first-order valence-electron chi connectivity index (χ1n) is 13.2. The molecule has 2 aromatic carbocycles. The van der Waals surface area contributed by atoms with E-state index in [2.05, 4.69) is 74.1 Å². The number of likely N-dealkylation sites (N-methyl/N-ethyl adjacent to an activating group) is 1. The van der Waals surface area contributed by atoms with E-state index in [-0.39, 0.29) is 17.4 Å². The maximum absolute atomic E-state index is 13.9. The van der Waals surface area contributed by atoms with Crippen LogP contribution in [0, 0.1) is 12.8 Å². The number of nitrogens with zero attached hydrogens (tertiary/aromatic N) is 2. The third-order valence-corrected chi connectivity index (χ3v) is 9.31. The molecule has 2 heterocycles. The minimum absolute atomic E-state index is 0.122. The largest absolute Gasteiger partial charge is 0.354 e. The second kappa shape index (κ2) is 8.37. The fraction of sp³-hybridized carbons (Fsp3) is 0.452. The van der Waals surface area contributed by atoms with E-state index < -0.39 is 0 Å². The molecule has 2 bridgehead atoms. The summed E-state index contributed by atoms with van der Waals surface area (Å²) in [6.45, 7) is 8.17. The first kappa shape index (κ1) is 22.6. The van der Waals surface area contributed by atoms with Gasteiger partial charge in [-0.1, -0.05) is 54.6 Å². The van der Waals surface area contributed by atoms with Crippen LogP contribution in [-0.4, -0.2) is 46.4 Å². The summed E-state index contributed by atoms with van der Waals surface area (Å²) in [6.07, 6.45) is 4.41. The van der Waals surface area contributed by atoms with Gasteiger partial charge in [0.15, 0.2) is 0 Å². The number of fused-ring (bicyclic) bond motifs is 2. The maximum Gasteiger partial charge on any atom is 0.271 e. The number of aromatic nitrogens is 1. The molecular formula is C31H37N3O. The summed E-state index contributed by atoms with van der Waals surface area (Å²) in [5.41, 5.74) is 9.09. The van der Waals surface area contributed by atoms with E-state index in [9.17, 15) is 4.79 Å². The number of carbonyl (C=O) groups is 1. The molecule has 0 unspecified atom stereocenters. The van der Waals surface area contributed by atoms with Crippen molar-refractivity contribution < 1.29 is 4.79 Å². The Morgan fingerprint density at radius 2 is 1.86 bits per heavy atom. The Balaban J connectivity index is 1.38. The molecule has 182 valence electrons. The van der Waals surface area contributed by atoms with Crippen molar-refractivity contribution in [3.63, 3.8) is 0 Å². The van der Waals surface area contributed by atoms with Crippen molar-refractivity contribution in [1.29, 1.82) is 0 Å². The van der Waals surface area contributed by atoms with Crippen LogP contribution in [0.15, 0.2) is 54.6 Å². The highest BCUT2D eigenvalue weighted by molar-refractivity contribution is 5.94. The summed E-state index contributed by atoms with van der Waals surface area (Å²) >= 11 is 0. The molecule has 35 heavy (non-hydrogen) atoms. The molecule has 3 aromatic rings. The minimum atomic E-state index is 0.122. The number of nitrogens with one attached hydrogen (secondary N) is 1. The van der Waals surface area contributed by atoms with E-state index in [0.29, 0.717) is 18.5 Å². The van der Waals surface area contributed by atoms with Crippen molar-refractivity contribution in [2.45, 2.75) is 70.5 Å². The number of piperidine rings is 1. The molecule has 2 aliphatic carbocycles. The summed E-state index contributed by atoms with van der Waals surface area (Å²) in [5.74, 6) is 0.725. The smallest absolute Gasteiger partial charge is 0.271 e. The zero-order valence-corrected chi connectivity index (χ0v) is 21.5. The van der Waals surface area contributed by atoms with Crippen LogP contribution in [0.4, 0.5) is 0 Å². The zero-order valence-electron chi connectivity index (χ0n) is 21.5. The first-order valence-corrected chi connectivity index (χ1v) is 13.2. The molecule has 1 saturated heterocycles. The van der Waals surface area contributed by atoms with Gasteiger partial charge in [-0.2, -0.15) is 0 Å². The average Bonchev–Trinajstić information content (AvgIpc) is 3.18. The normalized spacial score (nSPS) is 25.1. The Bertz CT molecular complexity index is 1260. The van der Waals surface area contributed by atoms with Gasteiger partial charge < -0.3 is 14.8 Å². The lowest BCUT2D eigenvalue weighted by Crippen LogP contribution is -2.61. The average molecular weight is 468 g/mol. The highest BCUT2D eigenvalue weighted by Gasteiger charge is 2.55. The zero-order chi connectivity index (χ0) is 24.3. The predicted molar refractivity (Wildman–Crippen MR) is 141 cm³/mol. The molecule has 1 fully saturated rings. The van der Waals surface area contributed by atoms with Crippen LogP contribution in [0.2, 0.25) is 0 Å². The van der Waals surface area contributed by atoms with Crippen molar-refractivity contribution >= 4 is 5.91 Å². The van der Waals surface area contributed by atoms with E-state index in [1.165, 1.54) is 28.8 Å². The van der Waals surface area contributed by atoms with Crippen LogP contribution in [0.1, 0.15) is 64.3 Å². The Morgan fingerprint density at radius 1 is 1.11 bits per heavy atom. The van der Waals surface area contributed by atoms with E-state index in [4.69, 9.17) is 0 Å². The lowest BCUT2D eigenvalue weighted by Gasteiger charge is -2.58. The van der Waals surface area contributed by atoms with Gasteiger partial charge in [0, 0.05) is 29.7 Å². The van der Waals surface area contributed by atoms with Gasteiger partial charge >= 0.3 is 0 Å². The fourth-order valence-corrected chi connectivity index (χ4v) is 7.38. The molecule has 1 N–H and O–H groups in total. The number of H-pyrrole nitrogens is 1. The van der Waals surface area contributed by atoms with Crippen LogP contribution in [0.3, 0.4) is 0 Å². The molecule has 4 heteroatoms. The van der Waals surface area contributed by atoms with Crippen molar-refractivity contribution in [3.8, 4) is 0 Å². The first-order chi connectivity index (χ1) is 16.9. The topological polar surface area (TPSA) is 39.3 Å². The van der Waals surface area contributed by atoms with Crippen LogP contribution in [0.25, 0.3) is 0 Å². The number of aromatic amines is 1. The molecule has 0 spiro atoms. The molecule has 4 nitrogen and oxygen atoms in total. The van der Waals surface area contributed by atoms with Gasteiger partial charge in [-0.05, 0) is 93.8 Å². The number of carbonyl (C=O) groups excluding carboxylic acids is 1. The summed E-state index contributed by atoms with van der Waals surface area (Å²) in [7, 11) is 2.31. The Labute approximate surface area is 209 Å². The summed E-state index contributed by atoms with van der Waals surface area (Å²) in [5, 5.41) is 0. The van der Waals surface area contributed by atoms with Crippen LogP contribution in [-0.2, 0) is 31.2 Å². The third kappa shape index (κ3) is 3.48. The molecule has 0 saturated carbocycles. The molecule has 3 atom stereocenters. The molecule has 6 rings (SSSR count). The number of amides is 1. The third-order valence-electron chi connectivity index (χ3n) is 9.31. The number of hydrogen-bond acceptors (Lipinski definition) is 2. The molecule has 3 aliphatic rings.